The van der Waals surface area contributed by atoms with Crippen molar-refractivity contribution in [2.24, 2.45) is 5.92 Å². The molecule has 1 rings (SSSR count). The Balaban J connectivity index is 2.60. The first-order valence-electron chi connectivity index (χ1n) is 7.17. The summed E-state index contributed by atoms with van der Waals surface area (Å²) >= 11 is 0. The van der Waals surface area contributed by atoms with Crippen LogP contribution in [0.4, 0.5) is 0 Å². The van der Waals surface area contributed by atoms with E-state index in [1.807, 2.05) is 4.90 Å². The highest BCUT2D eigenvalue weighted by atomic mass is 16.2. The first-order valence-corrected chi connectivity index (χ1v) is 7.17. The maximum absolute atomic E-state index is 12.5. The summed E-state index contributed by atoms with van der Waals surface area (Å²) in [6.45, 7) is 10.4. The highest BCUT2D eigenvalue weighted by Crippen LogP contribution is 2.21. The maximum atomic E-state index is 12.5. The van der Waals surface area contributed by atoms with Crippen LogP contribution >= 0.6 is 0 Å². The van der Waals surface area contributed by atoms with Gasteiger partial charge in [-0.2, -0.15) is 0 Å². The van der Waals surface area contributed by atoms with Gasteiger partial charge in [0.2, 0.25) is 5.91 Å². The lowest BCUT2D eigenvalue weighted by atomic mass is 9.89. The fraction of sp³-hybridized carbons (Fsp3) is 0.929. The van der Waals surface area contributed by atoms with Gasteiger partial charge in [-0.1, -0.05) is 20.3 Å². The summed E-state index contributed by atoms with van der Waals surface area (Å²) in [5, 5.41) is 3.39. The van der Waals surface area contributed by atoms with Crippen LogP contribution in [0, 0.1) is 5.92 Å². The van der Waals surface area contributed by atoms with Gasteiger partial charge >= 0.3 is 0 Å². The second kappa shape index (κ2) is 7.00. The average molecular weight is 240 g/mol. The van der Waals surface area contributed by atoms with Crippen LogP contribution in [-0.4, -0.2) is 36.0 Å². The number of amides is 1. The minimum absolute atomic E-state index is 0.0580. The fourth-order valence-electron chi connectivity index (χ4n) is 2.66. The second-order valence-corrected chi connectivity index (χ2v) is 5.19. The summed E-state index contributed by atoms with van der Waals surface area (Å²) < 4.78 is 0. The van der Waals surface area contributed by atoms with E-state index < -0.39 is 0 Å². The van der Waals surface area contributed by atoms with Crippen LogP contribution in [0.15, 0.2) is 0 Å². The molecule has 3 unspecified atom stereocenters. The van der Waals surface area contributed by atoms with Crippen molar-refractivity contribution in [3.63, 3.8) is 0 Å². The van der Waals surface area contributed by atoms with E-state index in [-0.39, 0.29) is 6.04 Å². The molecule has 3 nitrogen and oxygen atoms in total. The molecule has 0 aromatic heterocycles. The van der Waals surface area contributed by atoms with Crippen LogP contribution in [-0.2, 0) is 4.79 Å². The Morgan fingerprint density at radius 2 is 2.12 bits per heavy atom. The van der Waals surface area contributed by atoms with E-state index in [1.54, 1.807) is 0 Å². The molecule has 0 aromatic rings. The molecule has 1 aliphatic heterocycles. The normalized spacial score (nSPS) is 26.6. The number of likely N-dealkylation sites (N-methyl/N-ethyl adjacent to an activating group) is 1. The van der Waals surface area contributed by atoms with Gasteiger partial charge in [0.1, 0.15) is 0 Å². The van der Waals surface area contributed by atoms with Gasteiger partial charge < -0.3 is 10.2 Å². The molecule has 1 N–H and O–H groups in total. The molecule has 1 aliphatic rings. The molecule has 0 bridgehead atoms. The van der Waals surface area contributed by atoms with E-state index in [0.29, 0.717) is 11.9 Å². The van der Waals surface area contributed by atoms with Crippen LogP contribution in [0.5, 0.6) is 0 Å². The molecule has 17 heavy (non-hydrogen) atoms. The zero-order chi connectivity index (χ0) is 12.8. The topological polar surface area (TPSA) is 32.3 Å². The zero-order valence-corrected chi connectivity index (χ0v) is 11.8. The van der Waals surface area contributed by atoms with Gasteiger partial charge in [0.25, 0.3) is 0 Å². The van der Waals surface area contributed by atoms with E-state index in [4.69, 9.17) is 0 Å². The Bertz CT molecular complexity index is 242. The van der Waals surface area contributed by atoms with Crippen molar-refractivity contribution in [2.45, 2.75) is 65.5 Å². The third kappa shape index (κ3) is 3.70. The van der Waals surface area contributed by atoms with Gasteiger partial charge in [-0.05, 0) is 45.6 Å². The molecule has 0 aliphatic carbocycles. The quantitative estimate of drug-likeness (QED) is 0.800. The molecule has 1 saturated heterocycles. The Hall–Kier alpha value is -0.570. The van der Waals surface area contributed by atoms with Gasteiger partial charge in [-0.25, -0.2) is 0 Å². The molecule has 1 heterocycles. The molecule has 3 heteroatoms. The molecule has 0 radical (unpaired) electrons. The Morgan fingerprint density at radius 1 is 1.41 bits per heavy atom. The fourth-order valence-corrected chi connectivity index (χ4v) is 2.66. The summed E-state index contributed by atoms with van der Waals surface area (Å²) in [6.07, 6.45) is 4.46. The van der Waals surface area contributed by atoms with Crippen molar-refractivity contribution in [3.05, 3.63) is 0 Å². The second-order valence-electron chi connectivity index (χ2n) is 5.19. The summed E-state index contributed by atoms with van der Waals surface area (Å²) in [7, 11) is 0. The highest BCUT2D eigenvalue weighted by Gasteiger charge is 2.30. The predicted molar refractivity (Wildman–Crippen MR) is 71.9 cm³/mol. The third-order valence-electron chi connectivity index (χ3n) is 4.13. The molecule has 1 fully saturated rings. The lowest BCUT2D eigenvalue weighted by Crippen LogP contribution is -2.52. The van der Waals surface area contributed by atoms with Crippen LogP contribution < -0.4 is 5.32 Å². The number of carbonyl (C=O) groups excluding carboxylic acids is 1. The van der Waals surface area contributed by atoms with E-state index in [1.165, 1.54) is 12.8 Å². The standard InChI is InChI=1S/C14H28N2O/c1-5-11(4)16(7-3)14(17)13-10-12(6-2)8-9-15-13/h11-13,15H,5-10H2,1-4H3. The lowest BCUT2D eigenvalue weighted by molar-refractivity contribution is -0.136. The number of rotatable bonds is 5. The van der Waals surface area contributed by atoms with Crippen LogP contribution in [0.1, 0.15) is 53.4 Å². The van der Waals surface area contributed by atoms with Gasteiger partial charge in [-0.15, -0.1) is 0 Å². The van der Waals surface area contributed by atoms with Gasteiger partial charge in [0.05, 0.1) is 6.04 Å². The summed E-state index contributed by atoms with van der Waals surface area (Å²) in [5.41, 5.74) is 0. The van der Waals surface area contributed by atoms with Crippen LogP contribution in [0.25, 0.3) is 0 Å². The summed E-state index contributed by atoms with van der Waals surface area (Å²) in [5.74, 6) is 1.03. The van der Waals surface area contributed by atoms with Crippen molar-refractivity contribution in [2.75, 3.05) is 13.1 Å². The van der Waals surface area contributed by atoms with Crippen molar-refractivity contribution in [3.8, 4) is 0 Å². The van der Waals surface area contributed by atoms with E-state index >= 15 is 0 Å². The lowest BCUT2D eigenvalue weighted by Gasteiger charge is -2.35. The summed E-state index contributed by atoms with van der Waals surface area (Å²) in [4.78, 5) is 14.5. The molecular weight excluding hydrogens is 212 g/mol. The molecule has 0 spiro atoms. The molecule has 3 atom stereocenters. The van der Waals surface area contributed by atoms with E-state index in [0.717, 1.165) is 31.8 Å². The monoisotopic (exact) mass is 240 g/mol. The number of carbonyl (C=O) groups is 1. The largest absolute Gasteiger partial charge is 0.339 e. The van der Waals surface area contributed by atoms with Crippen LogP contribution in [0.2, 0.25) is 0 Å². The van der Waals surface area contributed by atoms with Crippen molar-refractivity contribution < 1.29 is 4.79 Å². The number of nitrogens with zero attached hydrogens (tertiary/aromatic N) is 1. The van der Waals surface area contributed by atoms with Gasteiger partial charge in [0, 0.05) is 12.6 Å². The zero-order valence-electron chi connectivity index (χ0n) is 11.8. The Kier molecular flexibility index (Phi) is 5.96. The first kappa shape index (κ1) is 14.5. The van der Waals surface area contributed by atoms with Crippen LogP contribution in [0.3, 0.4) is 0 Å². The number of nitrogens with one attached hydrogen (secondary N) is 1. The number of piperidine rings is 1. The maximum Gasteiger partial charge on any atom is 0.239 e. The smallest absolute Gasteiger partial charge is 0.239 e. The Morgan fingerprint density at radius 3 is 2.65 bits per heavy atom. The molecular formula is C14H28N2O. The first-order chi connectivity index (χ1) is 8.13. The third-order valence-corrected chi connectivity index (χ3v) is 4.13. The minimum atomic E-state index is 0.0580. The molecule has 1 amide bonds. The van der Waals surface area contributed by atoms with E-state index in [2.05, 4.69) is 33.0 Å². The predicted octanol–water partition coefficient (Wildman–Crippen LogP) is 2.41. The van der Waals surface area contributed by atoms with Gasteiger partial charge in [-0.3, -0.25) is 4.79 Å². The molecule has 0 aromatic carbocycles. The van der Waals surface area contributed by atoms with Gasteiger partial charge in [0.15, 0.2) is 0 Å². The molecule has 100 valence electrons. The summed E-state index contributed by atoms with van der Waals surface area (Å²) in [6, 6.07) is 0.416. The minimum Gasteiger partial charge on any atom is -0.339 e. The van der Waals surface area contributed by atoms with Crippen molar-refractivity contribution in [1.82, 2.24) is 10.2 Å². The van der Waals surface area contributed by atoms with E-state index in [9.17, 15) is 4.79 Å². The number of hydrogen-bond donors (Lipinski definition) is 1. The average Bonchev–Trinajstić information content (AvgIpc) is 2.39. The SMILES string of the molecule is CCC1CCNC(C(=O)N(CC)C(C)CC)C1. The highest BCUT2D eigenvalue weighted by molar-refractivity contribution is 5.82. The Labute approximate surface area is 106 Å². The number of hydrogen-bond acceptors (Lipinski definition) is 2. The molecule has 0 saturated carbocycles. The van der Waals surface area contributed by atoms with Crippen molar-refractivity contribution in [1.29, 1.82) is 0 Å². The van der Waals surface area contributed by atoms with Crippen molar-refractivity contribution >= 4 is 5.91 Å².